The van der Waals surface area contributed by atoms with Crippen molar-refractivity contribution in [2.24, 2.45) is 4.99 Å². The summed E-state index contributed by atoms with van der Waals surface area (Å²) in [5.41, 5.74) is 3.80. The molecule has 2 aliphatic rings. The molecule has 6 rings (SSSR count). The van der Waals surface area contributed by atoms with Crippen LogP contribution in [0.3, 0.4) is 0 Å². The molecule has 4 aromatic rings. The summed E-state index contributed by atoms with van der Waals surface area (Å²) in [5.74, 6) is 0.719. The number of carbonyl (C=O) groups is 1. The van der Waals surface area contributed by atoms with Crippen molar-refractivity contribution in [1.82, 2.24) is 15.2 Å². The van der Waals surface area contributed by atoms with Gasteiger partial charge in [0, 0.05) is 23.9 Å². The van der Waals surface area contributed by atoms with Crippen LogP contribution in [0.15, 0.2) is 82.3 Å². The van der Waals surface area contributed by atoms with Crippen LogP contribution in [0.2, 0.25) is 0 Å². The number of ether oxygens (including phenoxy) is 1. The lowest BCUT2D eigenvalue weighted by Crippen LogP contribution is -2.44. The van der Waals surface area contributed by atoms with Gasteiger partial charge in [0.2, 0.25) is 6.17 Å². The average molecular weight is 496 g/mol. The summed E-state index contributed by atoms with van der Waals surface area (Å²) in [6, 6.07) is 21.3. The Labute approximate surface area is 213 Å². The van der Waals surface area contributed by atoms with Gasteiger partial charge in [0.05, 0.1) is 36.2 Å². The lowest BCUT2D eigenvalue weighted by Gasteiger charge is -2.34. The number of morpholine rings is 1. The molecule has 0 aliphatic carbocycles. The molecule has 37 heavy (non-hydrogen) atoms. The first-order valence-corrected chi connectivity index (χ1v) is 12.1. The summed E-state index contributed by atoms with van der Waals surface area (Å²) in [5, 5.41) is 14.4. The molecule has 2 aromatic heterocycles. The molecule has 0 bridgehead atoms. The van der Waals surface area contributed by atoms with E-state index in [0.29, 0.717) is 42.6 Å². The fraction of sp³-hybridized carbons (Fsp3) is 0.222. The first-order valence-electron chi connectivity index (χ1n) is 12.1. The van der Waals surface area contributed by atoms with Crippen molar-refractivity contribution in [3.63, 3.8) is 0 Å². The Bertz CT molecular complexity index is 1450. The van der Waals surface area contributed by atoms with Crippen molar-refractivity contribution >= 4 is 29.1 Å². The van der Waals surface area contributed by atoms with Gasteiger partial charge in [-0.1, -0.05) is 53.6 Å². The highest BCUT2D eigenvalue weighted by Crippen LogP contribution is 2.31. The number of hydrogen-bond donors (Lipinski definition) is 2. The van der Waals surface area contributed by atoms with E-state index in [1.54, 1.807) is 6.20 Å². The number of benzodiazepines with no additional fused rings is 1. The highest BCUT2D eigenvalue weighted by molar-refractivity contribution is 6.19. The molecule has 186 valence electrons. The van der Waals surface area contributed by atoms with Crippen LogP contribution in [0.5, 0.6) is 0 Å². The molecule has 1 saturated heterocycles. The molecule has 2 atom stereocenters. The second-order valence-electron chi connectivity index (χ2n) is 8.83. The predicted octanol–water partition coefficient (Wildman–Crippen LogP) is 3.58. The van der Waals surface area contributed by atoms with Gasteiger partial charge in [-0.25, -0.2) is 9.98 Å². The van der Waals surface area contributed by atoms with Gasteiger partial charge in [0.25, 0.3) is 11.8 Å². The number of para-hydroxylation sites is 1. The summed E-state index contributed by atoms with van der Waals surface area (Å²) in [4.78, 5) is 24.7. The summed E-state index contributed by atoms with van der Waals surface area (Å²) in [6.45, 7) is 4.04. The van der Waals surface area contributed by atoms with Crippen molar-refractivity contribution in [2.45, 2.75) is 19.1 Å². The molecule has 1 unspecified atom stereocenters. The molecule has 4 heterocycles. The molecule has 1 fully saturated rings. The topological polar surface area (TPSA) is 118 Å². The molecule has 10 heteroatoms. The van der Waals surface area contributed by atoms with Crippen molar-refractivity contribution in [3.05, 3.63) is 84.1 Å². The summed E-state index contributed by atoms with van der Waals surface area (Å²) in [6.07, 6.45) is 0.757. The smallest absolute Gasteiger partial charge is 0.317 e. The van der Waals surface area contributed by atoms with Crippen LogP contribution in [-0.2, 0) is 9.53 Å². The van der Waals surface area contributed by atoms with Crippen LogP contribution in [-0.4, -0.2) is 58.8 Å². The molecular formula is C27H25N7O3. The minimum atomic E-state index is -0.983. The Morgan fingerprint density at radius 2 is 1.81 bits per heavy atom. The molecule has 2 N–H and O–H groups in total. The van der Waals surface area contributed by atoms with E-state index in [4.69, 9.17) is 14.1 Å². The summed E-state index contributed by atoms with van der Waals surface area (Å²) in [7, 11) is 0. The van der Waals surface area contributed by atoms with Crippen molar-refractivity contribution in [2.75, 3.05) is 35.3 Å². The summed E-state index contributed by atoms with van der Waals surface area (Å²) < 4.78 is 11.5. The first-order chi connectivity index (χ1) is 18.2. The molecule has 0 saturated carbocycles. The highest BCUT2D eigenvalue weighted by atomic mass is 16.5. The van der Waals surface area contributed by atoms with E-state index in [2.05, 4.69) is 37.6 Å². The Hall–Kier alpha value is -4.57. The van der Waals surface area contributed by atoms with Gasteiger partial charge in [-0.15, -0.1) is 5.10 Å². The molecule has 10 nitrogen and oxygen atoms in total. The molecule has 2 aliphatic heterocycles. The molecule has 0 spiro atoms. The standard InChI is InChI=1S/C27H25N7O3/c1-17-16-36-15-14-34(17)24-20(11-7-13-28-24)26-32-33-27(37-26)31-23-25(35)29-21-12-6-5-10-19(21)22(30-23)18-8-3-2-4-9-18/h2-13,17,23H,14-16H2,1H3,(H,29,35)(H,31,33)/t17-,23?/m0/s1. The van der Waals surface area contributed by atoms with Crippen LogP contribution in [0.1, 0.15) is 18.1 Å². The minimum Gasteiger partial charge on any atom is -0.403 e. The van der Waals surface area contributed by atoms with Gasteiger partial charge in [-0.2, -0.15) is 0 Å². The van der Waals surface area contributed by atoms with E-state index in [-0.39, 0.29) is 18.0 Å². The van der Waals surface area contributed by atoms with Crippen LogP contribution in [0, 0.1) is 0 Å². The SMILES string of the molecule is C[C@H]1COCCN1c1ncccc1-c1nnc(NC2N=C(c3ccccc3)c3ccccc3NC2=O)o1. The second-order valence-corrected chi connectivity index (χ2v) is 8.83. The lowest BCUT2D eigenvalue weighted by molar-refractivity contribution is -0.116. The fourth-order valence-corrected chi connectivity index (χ4v) is 4.52. The zero-order chi connectivity index (χ0) is 25.2. The van der Waals surface area contributed by atoms with E-state index in [1.165, 1.54) is 0 Å². The van der Waals surface area contributed by atoms with Crippen LogP contribution < -0.4 is 15.5 Å². The van der Waals surface area contributed by atoms with Crippen LogP contribution in [0.4, 0.5) is 17.5 Å². The maximum absolute atomic E-state index is 13.1. The Morgan fingerprint density at radius 1 is 1.00 bits per heavy atom. The fourth-order valence-electron chi connectivity index (χ4n) is 4.52. The van der Waals surface area contributed by atoms with Gasteiger partial charge >= 0.3 is 6.01 Å². The van der Waals surface area contributed by atoms with Gasteiger partial charge < -0.3 is 24.7 Å². The largest absolute Gasteiger partial charge is 0.403 e. The minimum absolute atomic E-state index is 0.0853. The second kappa shape index (κ2) is 9.82. The maximum atomic E-state index is 13.1. The number of pyridine rings is 1. The number of hydrogen-bond acceptors (Lipinski definition) is 9. The zero-order valence-electron chi connectivity index (χ0n) is 20.2. The monoisotopic (exact) mass is 495 g/mol. The number of carbonyl (C=O) groups excluding carboxylic acids is 1. The number of anilines is 3. The number of nitrogens with one attached hydrogen (secondary N) is 2. The molecule has 0 radical (unpaired) electrons. The third-order valence-electron chi connectivity index (χ3n) is 6.34. The van der Waals surface area contributed by atoms with Gasteiger partial charge in [0.15, 0.2) is 0 Å². The zero-order valence-corrected chi connectivity index (χ0v) is 20.2. The summed E-state index contributed by atoms with van der Waals surface area (Å²) >= 11 is 0. The van der Waals surface area contributed by atoms with Crippen LogP contribution >= 0.6 is 0 Å². The predicted molar refractivity (Wildman–Crippen MR) is 140 cm³/mol. The number of aliphatic imine (C=N–C) groups is 1. The van der Waals surface area contributed by atoms with Crippen molar-refractivity contribution in [1.29, 1.82) is 0 Å². The molecule has 2 aromatic carbocycles. The third kappa shape index (κ3) is 4.54. The average Bonchev–Trinajstić information content (AvgIpc) is 3.35. The highest BCUT2D eigenvalue weighted by Gasteiger charge is 2.28. The van der Waals surface area contributed by atoms with Gasteiger partial charge in [-0.05, 0) is 25.1 Å². The van der Waals surface area contributed by atoms with E-state index >= 15 is 0 Å². The Balaban J connectivity index is 1.32. The molecule has 1 amide bonds. The maximum Gasteiger partial charge on any atom is 0.317 e. The number of aromatic nitrogens is 3. The first kappa shape index (κ1) is 22.9. The number of rotatable bonds is 5. The normalized spacial score (nSPS) is 19.4. The Kier molecular flexibility index (Phi) is 6.07. The number of nitrogens with zero attached hydrogens (tertiary/aromatic N) is 5. The van der Waals surface area contributed by atoms with Crippen LogP contribution in [0.25, 0.3) is 11.5 Å². The van der Waals surface area contributed by atoms with Crippen molar-refractivity contribution < 1.29 is 13.9 Å². The number of fused-ring (bicyclic) bond motifs is 1. The Morgan fingerprint density at radius 3 is 2.68 bits per heavy atom. The van der Waals surface area contributed by atoms with E-state index in [0.717, 1.165) is 16.9 Å². The van der Waals surface area contributed by atoms with Gasteiger partial charge in [0.1, 0.15) is 5.82 Å². The van der Waals surface area contributed by atoms with E-state index in [1.807, 2.05) is 66.7 Å². The van der Waals surface area contributed by atoms with E-state index < -0.39 is 6.17 Å². The lowest BCUT2D eigenvalue weighted by atomic mass is 10.0. The van der Waals surface area contributed by atoms with E-state index in [9.17, 15) is 4.79 Å². The quantitative estimate of drug-likeness (QED) is 0.431. The van der Waals surface area contributed by atoms with Crippen molar-refractivity contribution in [3.8, 4) is 11.5 Å². The van der Waals surface area contributed by atoms with Gasteiger partial charge in [-0.3, -0.25) is 4.79 Å². The number of amides is 1. The third-order valence-corrected chi connectivity index (χ3v) is 6.34. The molecular weight excluding hydrogens is 470 g/mol. The number of benzene rings is 2.